The second-order valence-electron chi connectivity index (χ2n) is 5.69. The molecule has 0 aromatic heterocycles. The van der Waals surface area contributed by atoms with Crippen LogP contribution in [0.5, 0.6) is 5.75 Å². The third-order valence-electron chi connectivity index (χ3n) is 3.58. The van der Waals surface area contributed by atoms with Crippen LogP contribution in [0.1, 0.15) is 20.3 Å². The van der Waals surface area contributed by atoms with Crippen LogP contribution in [0, 0.1) is 0 Å². The average Bonchev–Trinajstić information content (AvgIpc) is 2.66. The highest BCUT2D eigenvalue weighted by molar-refractivity contribution is 8.56. The molecule has 0 amide bonds. The van der Waals surface area contributed by atoms with Crippen LogP contribution < -0.4 is 4.52 Å². The summed E-state index contributed by atoms with van der Waals surface area (Å²) < 4.78 is 21.4. The summed E-state index contributed by atoms with van der Waals surface area (Å²) in [5.41, 5.74) is 0.793. The summed E-state index contributed by atoms with van der Waals surface area (Å²) in [5, 5.41) is 0.182. The van der Waals surface area contributed by atoms with Gasteiger partial charge in [-0.15, -0.1) is 6.58 Å². The first-order valence-corrected chi connectivity index (χ1v) is 11.6. The Kier molecular flexibility index (Phi) is 8.02. The van der Waals surface area contributed by atoms with Gasteiger partial charge in [-0.25, -0.2) is 9.56 Å². The van der Waals surface area contributed by atoms with Crippen LogP contribution in [0.2, 0.25) is 0 Å². The molecule has 0 radical (unpaired) electrons. The van der Waals surface area contributed by atoms with Gasteiger partial charge in [-0.1, -0.05) is 56.3 Å². The average molecular weight is 388 g/mol. The number of hydrogen-bond donors (Lipinski definition) is 0. The van der Waals surface area contributed by atoms with Crippen LogP contribution in [0.25, 0.3) is 0 Å². The van der Waals surface area contributed by atoms with E-state index in [0.717, 1.165) is 12.1 Å². The lowest BCUT2D eigenvalue weighted by molar-refractivity contribution is 0.454. The van der Waals surface area contributed by atoms with Gasteiger partial charge in [-0.05, 0) is 42.1 Å². The van der Waals surface area contributed by atoms with Crippen molar-refractivity contribution >= 4 is 30.1 Å². The number of rotatable bonds is 10. The fourth-order valence-electron chi connectivity index (χ4n) is 2.04. The SMILES string of the molecule is C=CCN(C=Nc1ccccc1)P(=O)(Oc1ccccc1)SC(C)CC. The van der Waals surface area contributed by atoms with E-state index in [4.69, 9.17) is 4.52 Å². The molecular weight excluding hydrogens is 363 g/mol. The first-order valence-electron chi connectivity index (χ1n) is 8.57. The summed E-state index contributed by atoms with van der Waals surface area (Å²) in [6.07, 6.45) is 4.19. The Morgan fingerprint density at radius 2 is 1.81 bits per heavy atom. The van der Waals surface area contributed by atoms with E-state index >= 15 is 0 Å². The second-order valence-corrected chi connectivity index (χ2v) is 10.4. The van der Waals surface area contributed by atoms with Gasteiger partial charge in [0.25, 0.3) is 0 Å². The fourth-order valence-corrected chi connectivity index (χ4v) is 6.68. The normalized spacial score (nSPS) is 14.5. The Labute approximate surface area is 160 Å². The molecule has 0 aliphatic carbocycles. The topological polar surface area (TPSA) is 41.9 Å². The van der Waals surface area contributed by atoms with Crippen LogP contribution in [-0.2, 0) is 4.57 Å². The minimum atomic E-state index is -3.25. The number of nitrogens with zero attached hydrogens (tertiary/aromatic N) is 2. The first kappa shape index (κ1) is 20.3. The van der Waals surface area contributed by atoms with Gasteiger partial charge < -0.3 is 4.52 Å². The molecule has 2 atom stereocenters. The highest BCUT2D eigenvalue weighted by Crippen LogP contribution is 2.63. The largest absolute Gasteiger partial charge is 0.422 e. The molecule has 2 unspecified atom stereocenters. The summed E-state index contributed by atoms with van der Waals surface area (Å²) in [6.45, 7) is 5.03. The lowest BCUT2D eigenvalue weighted by Crippen LogP contribution is -2.21. The summed E-state index contributed by atoms with van der Waals surface area (Å²) >= 11 is 1.35. The van der Waals surface area contributed by atoms with E-state index in [-0.39, 0.29) is 5.25 Å². The zero-order valence-corrected chi connectivity index (χ0v) is 16.9. The van der Waals surface area contributed by atoms with Crippen molar-refractivity contribution in [3.05, 3.63) is 73.3 Å². The molecule has 0 aliphatic heterocycles. The predicted octanol–water partition coefficient (Wildman–Crippen LogP) is 6.55. The smallest absolute Gasteiger partial charge is 0.403 e. The molecule has 0 fully saturated rings. The molecule has 0 heterocycles. The van der Waals surface area contributed by atoms with Gasteiger partial charge in [0, 0.05) is 11.8 Å². The number of benzene rings is 2. The highest BCUT2D eigenvalue weighted by atomic mass is 32.7. The summed E-state index contributed by atoms with van der Waals surface area (Å²) in [6, 6.07) is 18.8. The Bertz CT molecular complexity index is 753. The van der Waals surface area contributed by atoms with Crippen LogP contribution >= 0.6 is 18.1 Å². The van der Waals surface area contributed by atoms with Crippen molar-refractivity contribution in [3.63, 3.8) is 0 Å². The molecule has 0 bridgehead atoms. The summed E-state index contributed by atoms with van der Waals surface area (Å²) in [5.74, 6) is 0.578. The van der Waals surface area contributed by atoms with Crippen LogP contribution in [0.15, 0.2) is 78.3 Å². The standard InChI is InChI=1S/C20H25N2O2PS/c1-4-16-22(17-21-19-12-8-6-9-13-19)25(23,26-18(3)5-2)24-20-14-10-7-11-15-20/h4,6-15,17-18H,1,5,16H2,2-3H3. The third-order valence-corrected chi connectivity index (χ3v) is 8.61. The number of para-hydroxylation sites is 2. The van der Waals surface area contributed by atoms with E-state index in [9.17, 15) is 4.57 Å². The molecule has 0 aliphatic rings. The molecular formula is C20H25N2O2PS. The Hall–Kier alpha value is -1.97. The summed E-state index contributed by atoms with van der Waals surface area (Å²) in [7, 11) is 0. The van der Waals surface area contributed by atoms with E-state index in [1.54, 1.807) is 17.1 Å². The number of hydrogen-bond acceptors (Lipinski definition) is 4. The molecule has 0 spiro atoms. The van der Waals surface area contributed by atoms with E-state index in [1.165, 1.54) is 11.4 Å². The van der Waals surface area contributed by atoms with Crippen LogP contribution in [-0.4, -0.2) is 22.8 Å². The minimum Gasteiger partial charge on any atom is -0.422 e. The van der Waals surface area contributed by atoms with Gasteiger partial charge in [0.1, 0.15) is 12.1 Å². The molecule has 0 saturated heterocycles. The second kappa shape index (κ2) is 10.2. The lowest BCUT2D eigenvalue weighted by Gasteiger charge is -2.29. The van der Waals surface area contributed by atoms with Crippen LogP contribution in [0.4, 0.5) is 5.69 Å². The zero-order chi connectivity index (χ0) is 18.8. The Morgan fingerprint density at radius 3 is 2.38 bits per heavy atom. The zero-order valence-electron chi connectivity index (χ0n) is 15.2. The van der Waals surface area contributed by atoms with E-state index in [1.807, 2.05) is 67.6 Å². The van der Waals surface area contributed by atoms with Gasteiger partial charge in [-0.3, -0.25) is 4.67 Å². The monoisotopic (exact) mass is 388 g/mol. The molecule has 6 heteroatoms. The molecule has 0 N–H and O–H groups in total. The molecule has 2 rings (SSSR count). The van der Waals surface area contributed by atoms with Gasteiger partial charge in [0.05, 0.1) is 5.69 Å². The maximum Gasteiger partial charge on any atom is 0.403 e. The van der Waals surface area contributed by atoms with E-state index in [2.05, 4.69) is 18.5 Å². The molecule has 4 nitrogen and oxygen atoms in total. The molecule has 2 aromatic rings. The quantitative estimate of drug-likeness (QED) is 0.200. The Morgan fingerprint density at radius 1 is 1.19 bits per heavy atom. The van der Waals surface area contributed by atoms with Crippen LogP contribution in [0.3, 0.4) is 0 Å². The maximum absolute atomic E-state index is 13.8. The van der Waals surface area contributed by atoms with Crippen molar-refractivity contribution in [3.8, 4) is 5.75 Å². The molecule has 26 heavy (non-hydrogen) atoms. The van der Waals surface area contributed by atoms with E-state index < -0.39 is 6.72 Å². The van der Waals surface area contributed by atoms with E-state index in [0.29, 0.717) is 12.3 Å². The fraction of sp³-hybridized carbons (Fsp3) is 0.250. The van der Waals surface area contributed by atoms with Crippen molar-refractivity contribution in [1.82, 2.24) is 4.67 Å². The van der Waals surface area contributed by atoms with Gasteiger partial charge in [0.2, 0.25) is 0 Å². The highest BCUT2D eigenvalue weighted by Gasteiger charge is 2.34. The van der Waals surface area contributed by atoms with Crippen molar-refractivity contribution < 1.29 is 9.09 Å². The minimum absolute atomic E-state index is 0.182. The van der Waals surface area contributed by atoms with Crippen molar-refractivity contribution in [2.45, 2.75) is 25.5 Å². The first-order chi connectivity index (χ1) is 12.6. The van der Waals surface area contributed by atoms with Gasteiger partial charge >= 0.3 is 6.72 Å². The van der Waals surface area contributed by atoms with Crippen molar-refractivity contribution in [2.24, 2.45) is 4.99 Å². The number of aliphatic imine (C=N–C) groups is 1. The van der Waals surface area contributed by atoms with Crippen molar-refractivity contribution in [2.75, 3.05) is 6.54 Å². The molecule has 2 aromatic carbocycles. The maximum atomic E-state index is 13.8. The Balaban J connectivity index is 2.32. The third kappa shape index (κ3) is 6.08. The lowest BCUT2D eigenvalue weighted by atomic mass is 10.3. The molecule has 0 saturated carbocycles. The van der Waals surface area contributed by atoms with Gasteiger partial charge in [-0.2, -0.15) is 0 Å². The summed E-state index contributed by atoms with van der Waals surface area (Å²) in [4.78, 5) is 4.45. The van der Waals surface area contributed by atoms with Gasteiger partial charge in [0.15, 0.2) is 0 Å². The molecule has 138 valence electrons. The predicted molar refractivity (Wildman–Crippen MR) is 114 cm³/mol. The van der Waals surface area contributed by atoms with Crippen molar-refractivity contribution in [1.29, 1.82) is 0 Å².